The monoisotopic (exact) mass is 274 g/mol. The summed E-state index contributed by atoms with van der Waals surface area (Å²) in [4.78, 5) is 11.9. The van der Waals surface area contributed by atoms with Gasteiger partial charge >= 0.3 is 0 Å². The van der Waals surface area contributed by atoms with Crippen molar-refractivity contribution >= 4 is 5.91 Å². The van der Waals surface area contributed by atoms with Gasteiger partial charge in [-0.2, -0.15) is 0 Å². The number of amides is 1. The molecule has 2 heterocycles. The summed E-state index contributed by atoms with van der Waals surface area (Å²) in [7, 11) is 0. The van der Waals surface area contributed by atoms with E-state index >= 15 is 0 Å². The molecule has 1 aromatic rings. The van der Waals surface area contributed by atoms with Gasteiger partial charge in [-0.15, -0.1) is 0 Å². The molecule has 3 rings (SSSR count). The minimum atomic E-state index is 0.0988. The molecule has 2 N–H and O–H groups in total. The van der Waals surface area contributed by atoms with E-state index in [9.17, 15) is 4.79 Å². The summed E-state index contributed by atoms with van der Waals surface area (Å²) in [5.41, 5.74) is 2.71. The molecule has 4 nitrogen and oxygen atoms in total. The van der Waals surface area contributed by atoms with Gasteiger partial charge in [0.1, 0.15) is 0 Å². The number of carbonyl (C=O) groups excluding carboxylic acids is 1. The average Bonchev–Trinajstić information content (AvgIpc) is 2.98. The van der Waals surface area contributed by atoms with Crippen LogP contribution >= 0.6 is 0 Å². The third kappa shape index (κ3) is 3.19. The largest absolute Gasteiger partial charge is 0.378 e. The van der Waals surface area contributed by atoms with Crippen molar-refractivity contribution in [3.8, 4) is 0 Å². The Kier molecular flexibility index (Phi) is 4.33. The Balaban J connectivity index is 1.52. The summed E-state index contributed by atoms with van der Waals surface area (Å²) in [6.45, 7) is 2.43. The summed E-state index contributed by atoms with van der Waals surface area (Å²) >= 11 is 0. The fourth-order valence-corrected chi connectivity index (χ4v) is 3.08. The van der Waals surface area contributed by atoms with Gasteiger partial charge < -0.3 is 15.4 Å². The summed E-state index contributed by atoms with van der Waals surface area (Å²) in [5, 5.41) is 6.52. The first-order chi connectivity index (χ1) is 9.83. The van der Waals surface area contributed by atoms with Crippen LogP contribution < -0.4 is 10.6 Å². The molecule has 1 aromatic carbocycles. The molecule has 0 spiro atoms. The van der Waals surface area contributed by atoms with Crippen molar-refractivity contribution in [2.24, 2.45) is 0 Å². The van der Waals surface area contributed by atoms with Crippen LogP contribution in [-0.2, 0) is 16.0 Å². The van der Waals surface area contributed by atoms with Crippen LogP contribution in [0.15, 0.2) is 24.3 Å². The molecule has 0 radical (unpaired) electrons. The Hall–Kier alpha value is -1.39. The molecule has 2 aliphatic heterocycles. The molecular weight excluding hydrogens is 252 g/mol. The van der Waals surface area contributed by atoms with Crippen molar-refractivity contribution < 1.29 is 9.53 Å². The predicted molar refractivity (Wildman–Crippen MR) is 77.5 cm³/mol. The minimum Gasteiger partial charge on any atom is -0.378 e. The molecule has 1 saturated heterocycles. The van der Waals surface area contributed by atoms with E-state index in [1.54, 1.807) is 0 Å². The lowest BCUT2D eigenvalue weighted by molar-refractivity contribution is -0.123. The highest BCUT2D eigenvalue weighted by atomic mass is 16.5. The average molecular weight is 274 g/mol. The van der Waals surface area contributed by atoms with Gasteiger partial charge in [-0.1, -0.05) is 24.3 Å². The number of fused-ring (bicyclic) bond motifs is 1. The molecule has 0 saturated carbocycles. The van der Waals surface area contributed by atoms with Crippen LogP contribution in [0.25, 0.3) is 0 Å². The van der Waals surface area contributed by atoms with E-state index < -0.39 is 0 Å². The molecule has 20 heavy (non-hydrogen) atoms. The highest BCUT2D eigenvalue weighted by molar-refractivity contribution is 5.76. The third-order valence-corrected chi connectivity index (χ3v) is 4.16. The lowest BCUT2D eigenvalue weighted by atomic mass is 9.94. The van der Waals surface area contributed by atoms with Crippen molar-refractivity contribution in [3.63, 3.8) is 0 Å². The Morgan fingerprint density at radius 2 is 2.30 bits per heavy atom. The van der Waals surface area contributed by atoms with Gasteiger partial charge in [-0.05, 0) is 36.9 Å². The number of benzene rings is 1. The normalized spacial score (nSPS) is 25.2. The summed E-state index contributed by atoms with van der Waals surface area (Å²) in [6, 6.07) is 8.70. The third-order valence-electron chi connectivity index (χ3n) is 4.16. The van der Waals surface area contributed by atoms with Crippen LogP contribution in [0.3, 0.4) is 0 Å². The van der Waals surface area contributed by atoms with Gasteiger partial charge in [0.25, 0.3) is 0 Å². The molecule has 4 heteroatoms. The molecule has 0 unspecified atom stereocenters. The molecular formula is C16H22N2O2. The van der Waals surface area contributed by atoms with E-state index in [1.807, 2.05) is 0 Å². The van der Waals surface area contributed by atoms with Crippen LogP contribution in [0, 0.1) is 0 Å². The topological polar surface area (TPSA) is 50.4 Å². The molecule has 0 aliphatic carbocycles. The Labute approximate surface area is 119 Å². The van der Waals surface area contributed by atoms with E-state index in [4.69, 9.17) is 4.74 Å². The Bertz CT molecular complexity index is 469. The van der Waals surface area contributed by atoms with E-state index in [1.165, 1.54) is 11.1 Å². The number of rotatable bonds is 4. The van der Waals surface area contributed by atoms with Crippen LogP contribution in [0.4, 0.5) is 0 Å². The summed E-state index contributed by atoms with van der Waals surface area (Å²) in [5.74, 6) is 0.0988. The molecule has 0 aromatic heterocycles. The molecule has 2 atom stereocenters. The highest BCUT2D eigenvalue weighted by Gasteiger charge is 2.22. The summed E-state index contributed by atoms with van der Waals surface area (Å²) < 4.78 is 5.50. The lowest BCUT2D eigenvalue weighted by Gasteiger charge is -2.27. The van der Waals surface area contributed by atoms with Gasteiger partial charge in [0, 0.05) is 19.2 Å². The van der Waals surface area contributed by atoms with Crippen molar-refractivity contribution in [3.05, 3.63) is 35.4 Å². The molecule has 0 bridgehead atoms. The first-order valence-electron chi connectivity index (χ1n) is 7.52. The van der Waals surface area contributed by atoms with E-state index in [-0.39, 0.29) is 18.1 Å². The maximum atomic E-state index is 11.9. The van der Waals surface area contributed by atoms with Crippen molar-refractivity contribution in [1.82, 2.24) is 10.6 Å². The second kappa shape index (κ2) is 6.37. The second-order valence-electron chi connectivity index (χ2n) is 5.60. The van der Waals surface area contributed by atoms with Gasteiger partial charge in [0.05, 0.1) is 12.5 Å². The second-order valence-corrected chi connectivity index (χ2v) is 5.60. The van der Waals surface area contributed by atoms with E-state index in [2.05, 4.69) is 34.9 Å². The Morgan fingerprint density at radius 1 is 1.40 bits per heavy atom. The van der Waals surface area contributed by atoms with E-state index in [0.717, 1.165) is 32.4 Å². The number of hydrogen-bond acceptors (Lipinski definition) is 3. The minimum absolute atomic E-state index is 0.0988. The van der Waals surface area contributed by atoms with Crippen LogP contribution in [0.1, 0.15) is 36.4 Å². The predicted octanol–water partition coefficient (Wildman–Crippen LogP) is 1.56. The van der Waals surface area contributed by atoms with Crippen LogP contribution in [0.5, 0.6) is 0 Å². The Morgan fingerprint density at radius 3 is 3.15 bits per heavy atom. The molecule has 1 fully saturated rings. The molecule has 1 amide bonds. The van der Waals surface area contributed by atoms with Crippen LogP contribution in [0.2, 0.25) is 0 Å². The number of hydrogen-bond donors (Lipinski definition) is 2. The molecule has 2 aliphatic rings. The highest BCUT2D eigenvalue weighted by Crippen LogP contribution is 2.22. The van der Waals surface area contributed by atoms with E-state index in [0.29, 0.717) is 13.0 Å². The maximum absolute atomic E-state index is 11.9. The fraction of sp³-hybridized carbons (Fsp3) is 0.562. The quantitative estimate of drug-likeness (QED) is 0.876. The maximum Gasteiger partial charge on any atom is 0.222 e. The van der Waals surface area contributed by atoms with Gasteiger partial charge in [-0.3, -0.25) is 4.79 Å². The lowest BCUT2D eigenvalue weighted by Crippen LogP contribution is -2.39. The number of nitrogens with one attached hydrogen (secondary N) is 2. The zero-order valence-electron chi connectivity index (χ0n) is 11.7. The van der Waals surface area contributed by atoms with Crippen molar-refractivity contribution in [2.45, 2.75) is 37.8 Å². The number of ether oxygens (including phenoxy) is 1. The first kappa shape index (κ1) is 13.6. The van der Waals surface area contributed by atoms with Crippen molar-refractivity contribution in [2.75, 3.05) is 19.7 Å². The molecule has 108 valence electrons. The van der Waals surface area contributed by atoms with Gasteiger partial charge in [0.2, 0.25) is 5.91 Å². The zero-order chi connectivity index (χ0) is 13.8. The standard InChI is InChI=1S/C16H22N2O2/c19-16(10-13-5-3-9-20-13)18-11-15-14-6-2-1-4-12(14)7-8-17-15/h1-2,4,6,13,15,17H,3,5,7-11H2,(H,18,19)/t13-,15+/m1/s1. The number of carbonyl (C=O) groups is 1. The SMILES string of the molecule is O=C(C[C@H]1CCCO1)NC[C@@H]1NCCc2ccccc21. The zero-order valence-corrected chi connectivity index (χ0v) is 11.7. The smallest absolute Gasteiger partial charge is 0.222 e. The fourth-order valence-electron chi connectivity index (χ4n) is 3.08. The summed E-state index contributed by atoms with van der Waals surface area (Å²) in [6.07, 6.45) is 3.78. The van der Waals surface area contributed by atoms with Gasteiger partial charge in [0.15, 0.2) is 0 Å². The van der Waals surface area contributed by atoms with Crippen molar-refractivity contribution in [1.29, 1.82) is 0 Å². The first-order valence-corrected chi connectivity index (χ1v) is 7.52. The van der Waals surface area contributed by atoms with Crippen LogP contribution in [-0.4, -0.2) is 31.7 Å². The van der Waals surface area contributed by atoms with Gasteiger partial charge in [-0.25, -0.2) is 0 Å².